The summed E-state index contributed by atoms with van der Waals surface area (Å²) in [6, 6.07) is 5.95. The second-order valence-electron chi connectivity index (χ2n) is 6.30. The highest BCUT2D eigenvalue weighted by Gasteiger charge is 2.24. The molecule has 0 heterocycles. The van der Waals surface area contributed by atoms with Crippen LogP contribution in [0.2, 0.25) is 0 Å². The van der Waals surface area contributed by atoms with Crippen molar-refractivity contribution in [2.45, 2.75) is 52.5 Å². The van der Waals surface area contributed by atoms with Crippen LogP contribution in [0.15, 0.2) is 18.2 Å². The minimum Gasteiger partial charge on any atom is -0.478 e. The van der Waals surface area contributed by atoms with Crippen molar-refractivity contribution in [1.29, 1.82) is 0 Å². The first-order valence-corrected chi connectivity index (χ1v) is 7.58. The van der Waals surface area contributed by atoms with Gasteiger partial charge < -0.3 is 10.4 Å². The zero-order valence-electron chi connectivity index (χ0n) is 12.6. The van der Waals surface area contributed by atoms with Gasteiger partial charge in [-0.25, -0.2) is 4.79 Å². The highest BCUT2D eigenvalue weighted by Crippen LogP contribution is 2.32. The molecule has 0 spiro atoms. The molecule has 2 rings (SSSR count). The molecular weight excluding hydrogens is 250 g/mol. The van der Waals surface area contributed by atoms with E-state index >= 15 is 0 Å². The number of anilines is 1. The molecule has 1 aliphatic rings. The molecule has 20 heavy (non-hydrogen) atoms. The summed E-state index contributed by atoms with van der Waals surface area (Å²) >= 11 is 0. The van der Waals surface area contributed by atoms with E-state index in [1.165, 1.54) is 25.7 Å². The van der Waals surface area contributed by atoms with Crippen molar-refractivity contribution in [1.82, 2.24) is 0 Å². The lowest BCUT2D eigenvalue weighted by molar-refractivity contribution is 0.0696. The molecule has 1 aliphatic carbocycles. The third-order valence-electron chi connectivity index (χ3n) is 4.58. The largest absolute Gasteiger partial charge is 0.478 e. The van der Waals surface area contributed by atoms with Crippen molar-refractivity contribution in [3.8, 4) is 0 Å². The van der Waals surface area contributed by atoms with Crippen LogP contribution in [0.3, 0.4) is 0 Å². The smallest absolute Gasteiger partial charge is 0.336 e. The molecule has 110 valence electrons. The average Bonchev–Trinajstić information content (AvgIpc) is 2.41. The van der Waals surface area contributed by atoms with Crippen LogP contribution < -0.4 is 5.32 Å². The van der Waals surface area contributed by atoms with Crippen LogP contribution in [0.5, 0.6) is 0 Å². The van der Waals surface area contributed by atoms with E-state index in [0.29, 0.717) is 11.6 Å². The van der Waals surface area contributed by atoms with E-state index < -0.39 is 5.97 Å². The SMILES string of the molecule is Cc1c(NC2CCCC(C(C)C)C2)cccc1C(=O)O. The van der Waals surface area contributed by atoms with Crippen LogP contribution in [0.25, 0.3) is 0 Å². The predicted octanol–water partition coefficient (Wildman–Crippen LogP) is 4.32. The Morgan fingerprint density at radius 2 is 2.10 bits per heavy atom. The summed E-state index contributed by atoms with van der Waals surface area (Å²) in [5.41, 5.74) is 2.21. The molecular formula is C17H25NO2. The molecule has 0 aromatic heterocycles. The van der Waals surface area contributed by atoms with Gasteiger partial charge >= 0.3 is 5.97 Å². The second kappa shape index (κ2) is 6.29. The van der Waals surface area contributed by atoms with Gasteiger partial charge in [0, 0.05) is 11.7 Å². The summed E-state index contributed by atoms with van der Waals surface area (Å²) in [5, 5.41) is 12.7. The Hall–Kier alpha value is -1.51. The highest BCUT2D eigenvalue weighted by molar-refractivity contribution is 5.91. The van der Waals surface area contributed by atoms with Crippen molar-refractivity contribution < 1.29 is 9.90 Å². The number of carboxylic acids is 1. The number of hydrogen-bond acceptors (Lipinski definition) is 2. The number of carbonyl (C=O) groups is 1. The van der Waals surface area contributed by atoms with E-state index in [-0.39, 0.29) is 0 Å². The van der Waals surface area contributed by atoms with Crippen LogP contribution in [0.1, 0.15) is 55.5 Å². The van der Waals surface area contributed by atoms with Crippen molar-refractivity contribution in [3.05, 3.63) is 29.3 Å². The number of nitrogens with one attached hydrogen (secondary N) is 1. The van der Waals surface area contributed by atoms with Gasteiger partial charge in [0.05, 0.1) is 5.56 Å². The maximum atomic E-state index is 11.2. The maximum Gasteiger partial charge on any atom is 0.336 e. The first-order valence-electron chi connectivity index (χ1n) is 7.58. The van der Waals surface area contributed by atoms with Crippen molar-refractivity contribution in [3.63, 3.8) is 0 Å². The van der Waals surface area contributed by atoms with Crippen LogP contribution in [-0.4, -0.2) is 17.1 Å². The third kappa shape index (κ3) is 3.33. The normalized spacial score (nSPS) is 22.8. The summed E-state index contributed by atoms with van der Waals surface area (Å²) in [4.78, 5) is 11.2. The van der Waals surface area contributed by atoms with E-state index in [4.69, 9.17) is 0 Å². The van der Waals surface area contributed by atoms with Gasteiger partial charge in [-0.05, 0) is 49.3 Å². The molecule has 1 saturated carbocycles. The van der Waals surface area contributed by atoms with E-state index in [2.05, 4.69) is 19.2 Å². The summed E-state index contributed by atoms with van der Waals surface area (Å²) in [6.45, 7) is 6.47. The molecule has 2 unspecified atom stereocenters. The van der Waals surface area contributed by atoms with Crippen molar-refractivity contribution in [2.24, 2.45) is 11.8 Å². The Balaban J connectivity index is 2.10. The topological polar surface area (TPSA) is 49.3 Å². The van der Waals surface area contributed by atoms with E-state index in [0.717, 1.165) is 23.1 Å². The molecule has 2 N–H and O–H groups in total. The van der Waals surface area contributed by atoms with Crippen LogP contribution in [0, 0.1) is 18.8 Å². The highest BCUT2D eigenvalue weighted by atomic mass is 16.4. The van der Waals surface area contributed by atoms with Gasteiger partial charge in [0.2, 0.25) is 0 Å². The molecule has 1 aromatic carbocycles. The lowest BCUT2D eigenvalue weighted by Crippen LogP contribution is -2.29. The molecule has 0 aliphatic heterocycles. The summed E-state index contributed by atoms with van der Waals surface area (Å²) in [6.07, 6.45) is 4.95. The molecule has 0 saturated heterocycles. The standard InChI is InChI=1S/C17H25NO2/c1-11(2)13-6-4-7-14(10-13)18-16-9-5-8-15(12(16)3)17(19)20/h5,8-9,11,13-14,18H,4,6-7,10H2,1-3H3,(H,19,20). The van der Waals surface area contributed by atoms with Gasteiger partial charge in [-0.3, -0.25) is 0 Å². The lowest BCUT2D eigenvalue weighted by atomic mass is 9.79. The second-order valence-corrected chi connectivity index (χ2v) is 6.30. The fraction of sp³-hybridized carbons (Fsp3) is 0.588. The monoisotopic (exact) mass is 275 g/mol. The Bertz CT molecular complexity index is 482. The molecule has 0 bridgehead atoms. The number of benzene rings is 1. The van der Waals surface area contributed by atoms with Gasteiger partial charge in [0.1, 0.15) is 0 Å². The van der Waals surface area contributed by atoms with E-state index in [9.17, 15) is 9.90 Å². The first-order chi connectivity index (χ1) is 9.49. The molecule has 0 radical (unpaired) electrons. The number of rotatable bonds is 4. The van der Waals surface area contributed by atoms with E-state index in [1.54, 1.807) is 6.07 Å². The van der Waals surface area contributed by atoms with E-state index in [1.807, 2.05) is 19.1 Å². The van der Waals surface area contributed by atoms with Crippen LogP contribution >= 0.6 is 0 Å². The van der Waals surface area contributed by atoms with Gasteiger partial charge in [0.15, 0.2) is 0 Å². The Morgan fingerprint density at radius 3 is 2.75 bits per heavy atom. The van der Waals surface area contributed by atoms with Gasteiger partial charge in [-0.15, -0.1) is 0 Å². The minimum atomic E-state index is -0.852. The molecule has 1 aromatic rings. The Labute approximate surface area is 121 Å². The first kappa shape index (κ1) is 14.9. The number of carboxylic acid groups (broad SMARTS) is 1. The zero-order chi connectivity index (χ0) is 14.7. The molecule has 2 atom stereocenters. The summed E-state index contributed by atoms with van der Waals surface area (Å²) in [7, 11) is 0. The maximum absolute atomic E-state index is 11.2. The van der Waals surface area contributed by atoms with Crippen LogP contribution in [-0.2, 0) is 0 Å². The zero-order valence-corrected chi connectivity index (χ0v) is 12.6. The van der Waals surface area contributed by atoms with Crippen molar-refractivity contribution >= 4 is 11.7 Å². The van der Waals surface area contributed by atoms with Crippen molar-refractivity contribution in [2.75, 3.05) is 5.32 Å². The summed E-state index contributed by atoms with van der Waals surface area (Å²) in [5.74, 6) is 0.658. The number of hydrogen-bond donors (Lipinski definition) is 2. The third-order valence-corrected chi connectivity index (χ3v) is 4.58. The Morgan fingerprint density at radius 1 is 1.35 bits per heavy atom. The predicted molar refractivity (Wildman–Crippen MR) is 82.3 cm³/mol. The number of aromatic carboxylic acids is 1. The molecule has 3 nitrogen and oxygen atoms in total. The van der Waals surface area contributed by atoms with Gasteiger partial charge in [0.25, 0.3) is 0 Å². The van der Waals surface area contributed by atoms with Gasteiger partial charge in [-0.2, -0.15) is 0 Å². The fourth-order valence-corrected chi connectivity index (χ4v) is 3.21. The lowest BCUT2D eigenvalue weighted by Gasteiger charge is -2.33. The average molecular weight is 275 g/mol. The molecule has 0 amide bonds. The minimum absolute atomic E-state index is 0.395. The Kier molecular flexibility index (Phi) is 4.69. The molecule has 3 heteroatoms. The summed E-state index contributed by atoms with van der Waals surface area (Å²) < 4.78 is 0. The fourth-order valence-electron chi connectivity index (χ4n) is 3.21. The molecule has 1 fully saturated rings. The van der Waals surface area contributed by atoms with Crippen LogP contribution in [0.4, 0.5) is 5.69 Å². The quantitative estimate of drug-likeness (QED) is 0.860. The van der Waals surface area contributed by atoms with Gasteiger partial charge in [-0.1, -0.05) is 32.8 Å².